The summed E-state index contributed by atoms with van der Waals surface area (Å²) < 4.78 is 0. The van der Waals surface area contributed by atoms with Crippen molar-refractivity contribution in [1.29, 1.82) is 0 Å². The Balaban J connectivity index is 2.39. The summed E-state index contributed by atoms with van der Waals surface area (Å²) in [6, 6.07) is 12.9. The lowest BCUT2D eigenvalue weighted by molar-refractivity contribution is 0.734. The Labute approximate surface area is 89.2 Å². The Morgan fingerprint density at radius 2 is 1.93 bits per heavy atom. The SMILES string of the molecule is NC1CC=Cc2c1ccc1ccccc21. The molecule has 74 valence electrons. The number of benzene rings is 2. The highest BCUT2D eigenvalue weighted by atomic mass is 14.6. The van der Waals surface area contributed by atoms with E-state index in [9.17, 15) is 0 Å². The molecule has 1 heteroatoms. The molecule has 0 saturated carbocycles. The summed E-state index contributed by atoms with van der Waals surface area (Å²) in [6.07, 6.45) is 5.31. The van der Waals surface area contributed by atoms with Gasteiger partial charge in [-0.3, -0.25) is 0 Å². The Morgan fingerprint density at radius 3 is 2.87 bits per heavy atom. The van der Waals surface area contributed by atoms with Crippen molar-refractivity contribution in [2.75, 3.05) is 0 Å². The predicted octanol–water partition coefficient (Wildman–Crippen LogP) is 3.26. The van der Waals surface area contributed by atoms with Crippen molar-refractivity contribution in [3.8, 4) is 0 Å². The standard InChI is InChI=1S/C14H13N/c15-14-7-3-6-12-11-5-2-1-4-10(11)8-9-13(12)14/h1-6,8-9,14H,7,15H2. The molecule has 0 spiro atoms. The Bertz CT molecular complexity index is 540. The summed E-state index contributed by atoms with van der Waals surface area (Å²) in [7, 11) is 0. The molecular weight excluding hydrogens is 182 g/mol. The van der Waals surface area contributed by atoms with Crippen LogP contribution in [0.3, 0.4) is 0 Å². The molecule has 0 fully saturated rings. The molecule has 0 amide bonds. The van der Waals surface area contributed by atoms with Crippen LogP contribution in [-0.4, -0.2) is 0 Å². The van der Waals surface area contributed by atoms with E-state index in [0.29, 0.717) is 0 Å². The number of rotatable bonds is 0. The van der Waals surface area contributed by atoms with Crippen molar-refractivity contribution >= 4 is 16.8 Å². The summed E-state index contributed by atoms with van der Waals surface area (Å²) in [5.74, 6) is 0. The summed E-state index contributed by atoms with van der Waals surface area (Å²) >= 11 is 0. The molecule has 2 aromatic rings. The summed E-state index contributed by atoms with van der Waals surface area (Å²) in [6.45, 7) is 0. The van der Waals surface area contributed by atoms with Crippen molar-refractivity contribution in [3.63, 3.8) is 0 Å². The maximum atomic E-state index is 6.09. The number of hydrogen-bond acceptors (Lipinski definition) is 1. The second kappa shape index (κ2) is 3.21. The zero-order chi connectivity index (χ0) is 10.3. The Hall–Kier alpha value is -1.60. The van der Waals surface area contributed by atoms with E-state index >= 15 is 0 Å². The van der Waals surface area contributed by atoms with Gasteiger partial charge in [0.05, 0.1) is 0 Å². The topological polar surface area (TPSA) is 26.0 Å². The third-order valence-corrected chi connectivity index (χ3v) is 3.08. The van der Waals surface area contributed by atoms with Crippen LogP contribution < -0.4 is 5.73 Å². The highest BCUT2D eigenvalue weighted by molar-refractivity contribution is 5.92. The van der Waals surface area contributed by atoms with Crippen LogP contribution >= 0.6 is 0 Å². The van der Waals surface area contributed by atoms with E-state index < -0.39 is 0 Å². The van der Waals surface area contributed by atoms with E-state index in [4.69, 9.17) is 5.73 Å². The first-order valence-corrected chi connectivity index (χ1v) is 5.30. The molecule has 2 aromatic carbocycles. The minimum absolute atomic E-state index is 0.162. The number of nitrogens with two attached hydrogens (primary N) is 1. The number of fused-ring (bicyclic) bond motifs is 3. The van der Waals surface area contributed by atoms with Gasteiger partial charge in [0.2, 0.25) is 0 Å². The van der Waals surface area contributed by atoms with Gasteiger partial charge in [0, 0.05) is 6.04 Å². The molecule has 15 heavy (non-hydrogen) atoms. The predicted molar refractivity (Wildman–Crippen MR) is 64.5 cm³/mol. The van der Waals surface area contributed by atoms with E-state index in [2.05, 4.69) is 48.6 Å². The molecule has 1 nitrogen and oxygen atoms in total. The third-order valence-electron chi connectivity index (χ3n) is 3.08. The molecular formula is C14H13N. The third kappa shape index (κ3) is 1.28. The van der Waals surface area contributed by atoms with Crippen LogP contribution in [0.25, 0.3) is 16.8 Å². The summed E-state index contributed by atoms with van der Waals surface area (Å²) in [5.41, 5.74) is 8.66. The van der Waals surface area contributed by atoms with Crippen molar-refractivity contribution in [3.05, 3.63) is 53.6 Å². The molecule has 1 unspecified atom stereocenters. The molecule has 1 atom stereocenters. The normalized spacial score (nSPS) is 19.1. The van der Waals surface area contributed by atoms with Gasteiger partial charge in [-0.15, -0.1) is 0 Å². The molecule has 0 aliphatic heterocycles. The highest BCUT2D eigenvalue weighted by Crippen LogP contribution is 2.31. The van der Waals surface area contributed by atoms with Gasteiger partial charge in [-0.05, 0) is 28.3 Å². The van der Waals surface area contributed by atoms with Crippen LogP contribution in [0.2, 0.25) is 0 Å². The second-order valence-electron chi connectivity index (χ2n) is 4.03. The zero-order valence-electron chi connectivity index (χ0n) is 8.48. The first kappa shape index (κ1) is 8.69. The van der Waals surface area contributed by atoms with Crippen LogP contribution in [0, 0.1) is 0 Å². The Kier molecular flexibility index (Phi) is 1.86. The average molecular weight is 195 g/mol. The average Bonchev–Trinajstić information content (AvgIpc) is 2.29. The minimum atomic E-state index is 0.162. The maximum absolute atomic E-state index is 6.09. The summed E-state index contributed by atoms with van der Waals surface area (Å²) in [4.78, 5) is 0. The first-order chi connectivity index (χ1) is 7.36. The largest absolute Gasteiger partial charge is 0.324 e. The van der Waals surface area contributed by atoms with Gasteiger partial charge < -0.3 is 5.73 Å². The minimum Gasteiger partial charge on any atom is -0.324 e. The second-order valence-corrected chi connectivity index (χ2v) is 4.03. The fourth-order valence-electron chi connectivity index (χ4n) is 2.28. The lowest BCUT2D eigenvalue weighted by atomic mass is 9.89. The lowest BCUT2D eigenvalue weighted by Crippen LogP contribution is -2.13. The van der Waals surface area contributed by atoms with Crippen molar-refractivity contribution < 1.29 is 0 Å². The smallest absolute Gasteiger partial charge is 0.0336 e. The van der Waals surface area contributed by atoms with Crippen LogP contribution in [0.4, 0.5) is 0 Å². The van der Waals surface area contributed by atoms with Crippen LogP contribution in [0.15, 0.2) is 42.5 Å². The maximum Gasteiger partial charge on any atom is 0.0336 e. The molecule has 0 heterocycles. The van der Waals surface area contributed by atoms with Gasteiger partial charge in [-0.25, -0.2) is 0 Å². The van der Waals surface area contributed by atoms with Gasteiger partial charge >= 0.3 is 0 Å². The molecule has 3 rings (SSSR count). The van der Waals surface area contributed by atoms with E-state index in [-0.39, 0.29) is 6.04 Å². The van der Waals surface area contributed by atoms with Gasteiger partial charge in [0.15, 0.2) is 0 Å². The van der Waals surface area contributed by atoms with Crippen molar-refractivity contribution in [2.45, 2.75) is 12.5 Å². The van der Waals surface area contributed by atoms with Crippen LogP contribution in [0.5, 0.6) is 0 Å². The molecule has 1 aliphatic carbocycles. The molecule has 0 aromatic heterocycles. The van der Waals surface area contributed by atoms with Crippen molar-refractivity contribution in [1.82, 2.24) is 0 Å². The lowest BCUT2D eigenvalue weighted by Gasteiger charge is -2.19. The Morgan fingerprint density at radius 1 is 1.07 bits per heavy atom. The van der Waals surface area contributed by atoms with Crippen molar-refractivity contribution in [2.24, 2.45) is 5.73 Å². The molecule has 0 bridgehead atoms. The quantitative estimate of drug-likeness (QED) is 0.686. The zero-order valence-corrected chi connectivity index (χ0v) is 8.48. The van der Waals surface area contributed by atoms with Crippen LogP contribution in [-0.2, 0) is 0 Å². The van der Waals surface area contributed by atoms with Gasteiger partial charge in [0.1, 0.15) is 0 Å². The molecule has 0 radical (unpaired) electrons. The van der Waals surface area contributed by atoms with E-state index in [1.54, 1.807) is 0 Å². The highest BCUT2D eigenvalue weighted by Gasteiger charge is 2.14. The van der Waals surface area contributed by atoms with E-state index in [1.165, 1.54) is 21.9 Å². The molecule has 0 saturated heterocycles. The first-order valence-electron chi connectivity index (χ1n) is 5.30. The van der Waals surface area contributed by atoms with Gasteiger partial charge in [0.25, 0.3) is 0 Å². The van der Waals surface area contributed by atoms with Crippen LogP contribution in [0.1, 0.15) is 23.6 Å². The number of hydrogen-bond donors (Lipinski definition) is 1. The fourth-order valence-corrected chi connectivity index (χ4v) is 2.28. The molecule has 2 N–H and O–H groups in total. The van der Waals surface area contributed by atoms with Gasteiger partial charge in [-0.2, -0.15) is 0 Å². The van der Waals surface area contributed by atoms with Gasteiger partial charge in [-0.1, -0.05) is 48.6 Å². The monoisotopic (exact) mass is 195 g/mol. The summed E-state index contributed by atoms with van der Waals surface area (Å²) in [5, 5.41) is 2.59. The molecule has 1 aliphatic rings. The fraction of sp³-hybridized carbons (Fsp3) is 0.143. The van der Waals surface area contributed by atoms with E-state index in [0.717, 1.165) is 6.42 Å². The van der Waals surface area contributed by atoms with E-state index in [1.807, 2.05) is 0 Å².